The van der Waals surface area contributed by atoms with Crippen molar-refractivity contribution in [1.82, 2.24) is 19.9 Å². The van der Waals surface area contributed by atoms with Crippen LogP contribution in [0.3, 0.4) is 0 Å². The average Bonchev–Trinajstić information content (AvgIpc) is 3.40. The Morgan fingerprint density at radius 2 is 2.15 bits per heavy atom. The summed E-state index contributed by atoms with van der Waals surface area (Å²) >= 11 is 0. The predicted octanol–water partition coefficient (Wildman–Crippen LogP) is 1.25. The summed E-state index contributed by atoms with van der Waals surface area (Å²) in [6.45, 7) is 0. The van der Waals surface area contributed by atoms with Gasteiger partial charge >= 0.3 is 0 Å². The van der Waals surface area contributed by atoms with E-state index < -0.39 is 6.00 Å². The van der Waals surface area contributed by atoms with Crippen molar-refractivity contribution in [3.8, 4) is 0 Å². The second-order valence-corrected chi connectivity index (χ2v) is 8.42. The van der Waals surface area contributed by atoms with Crippen LogP contribution in [0, 0.1) is 0 Å². The lowest BCUT2D eigenvalue weighted by molar-refractivity contribution is 0.0178. The number of benzene rings is 1. The highest BCUT2D eigenvalue weighted by Crippen LogP contribution is 2.37. The summed E-state index contributed by atoms with van der Waals surface area (Å²) < 4.78 is 7.73. The maximum atomic E-state index is 13.1. The second kappa shape index (κ2) is 8.12. The highest BCUT2D eigenvalue weighted by Gasteiger charge is 2.32. The first-order valence-corrected chi connectivity index (χ1v) is 10.8. The van der Waals surface area contributed by atoms with Gasteiger partial charge in [-0.25, -0.2) is 15.3 Å². The van der Waals surface area contributed by atoms with Gasteiger partial charge in [-0.3, -0.25) is 4.79 Å². The molecule has 1 amide bonds. The minimum atomic E-state index is -0.732. The third-order valence-corrected chi connectivity index (χ3v) is 6.21. The van der Waals surface area contributed by atoms with Crippen molar-refractivity contribution in [2.75, 3.05) is 35.5 Å². The Bertz CT molecular complexity index is 1230. The number of anilines is 5. The molecule has 5 rings (SSSR count). The summed E-state index contributed by atoms with van der Waals surface area (Å²) in [7, 11) is 9.93. The van der Waals surface area contributed by atoms with E-state index in [-0.39, 0.29) is 18.1 Å². The van der Waals surface area contributed by atoms with E-state index in [2.05, 4.69) is 26.0 Å². The molecule has 2 aliphatic rings. The van der Waals surface area contributed by atoms with E-state index in [0.717, 1.165) is 19.3 Å². The first-order chi connectivity index (χ1) is 15.9. The van der Waals surface area contributed by atoms with Crippen LogP contribution >= 0.6 is 0 Å². The molecule has 12 heteroatoms. The lowest BCUT2D eigenvalue weighted by atomic mass is 9.90. The van der Waals surface area contributed by atoms with E-state index in [0.29, 0.717) is 45.5 Å². The van der Waals surface area contributed by atoms with Crippen molar-refractivity contribution in [2.45, 2.75) is 37.4 Å². The quantitative estimate of drug-likeness (QED) is 0.169. The SMILES string of the molecule is [B]C1OC2CCCC2NC(=O)c2cnc3c(NC)cc(nn23)Nc2cc1cc(N(C)N)c2N. The molecule has 170 valence electrons. The Morgan fingerprint density at radius 3 is 2.91 bits per heavy atom. The number of carbonyl (C=O) groups is 1. The molecule has 3 unspecified atom stereocenters. The van der Waals surface area contributed by atoms with Gasteiger partial charge in [0.15, 0.2) is 17.2 Å². The molecular formula is C21H26BN9O2. The Hall–Kier alpha value is -3.51. The van der Waals surface area contributed by atoms with Crippen LogP contribution in [0.5, 0.6) is 0 Å². The number of ether oxygens (including phenoxy) is 1. The molecule has 33 heavy (non-hydrogen) atoms. The standard InChI is InChI=1S/C21H26BN9O2/c1-25-13-8-17-27-12-6-10(7-14(18(12)23)30(2)24)19(22)33-16-5-3-4-11(16)28-21(32)15-9-26-20(13)31(15)29-17/h6-9,11,16,19,25H,3-5,23-24H2,1-2H3,(H,27,29)(H,28,32). The highest BCUT2D eigenvalue weighted by atomic mass is 16.5. The Morgan fingerprint density at radius 1 is 1.33 bits per heavy atom. The molecule has 0 saturated heterocycles. The number of aromatic nitrogens is 3. The minimum absolute atomic E-state index is 0.174. The number of amides is 1. The van der Waals surface area contributed by atoms with Gasteiger partial charge in [-0.1, -0.05) is 0 Å². The van der Waals surface area contributed by atoms with Crippen LogP contribution in [-0.4, -0.2) is 54.6 Å². The number of fused-ring (bicyclic) bond motifs is 4. The molecule has 2 aromatic heterocycles. The van der Waals surface area contributed by atoms with Gasteiger partial charge in [0.25, 0.3) is 5.91 Å². The molecule has 2 radical (unpaired) electrons. The van der Waals surface area contributed by atoms with Crippen molar-refractivity contribution >= 4 is 48.0 Å². The van der Waals surface area contributed by atoms with Gasteiger partial charge in [0.2, 0.25) is 0 Å². The van der Waals surface area contributed by atoms with Crippen molar-refractivity contribution in [1.29, 1.82) is 0 Å². The smallest absolute Gasteiger partial charge is 0.271 e. The van der Waals surface area contributed by atoms with Crippen LogP contribution in [-0.2, 0) is 4.74 Å². The van der Waals surface area contributed by atoms with Crippen LogP contribution in [0.1, 0.15) is 41.3 Å². The van der Waals surface area contributed by atoms with Crippen LogP contribution in [0.15, 0.2) is 24.4 Å². The average molecular weight is 447 g/mol. The fraction of sp³-hybridized carbons (Fsp3) is 0.381. The zero-order valence-electron chi connectivity index (χ0n) is 18.5. The number of hydrogen-bond donors (Lipinski definition) is 5. The second-order valence-electron chi connectivity index (χ2n) is 8.42. The van der Waals surface area contributed by atoms with E-state index in [1.807, 2.05) is 12.1 Å². The largest absolute Gasteiger partial charge is 0.395 e. The summed E-state index contributed by atoms with van der Waals surface area (Å²) in [6, 6.07) is 4.53. The van der Waals surface area contributed by atoms with Crippen molar-refractivity contribution in [3.05, 3.63) is 35.7 Å². The summed E-state index contributed by atoms with van der Waals surface area (Å²) in [6.07, 6.45) is 3.80. The lowest BCUT2D eigenvalue weighted by Crippen LogP contribution is -2.42. The van der Waals surface area contributed by atoms with Gasteiger partial charge in [0.05, 0.1) is 41.1 Å². The molecule has 11 nitrogen and oxygen atoms in total. The van der Waals surface area contributed by atoms with Gasteiger partial charge in [-0.15, -0.1) is 5.10 Å². The zero-order chi connectivity index (χ0) is 23.3. The van der Waals surface area contributed by atoms with E-state index in [1.165, 1.54) is 15.7 Å². The van der Waals surface area contributed by atoms with Crippen molar-refractivity contribution in [2.24, 2.45) is 5.84 Å². The summed E-state index contributed by atoms with van der Waals surface area (Å²) in [5.41, 5.74) is 10.3. The number of nitrogens with zero attached hydrogens (tertiary/aromatic N) is 4. The fourth-order valence-electron chi connectivity index (χ4n) is 4.49. The Labute approximate surface area is 192 Å². The summed E-state index contributed by atoms with van der Waals surface area (Å²) in [5, 5.41) is 15.5. The number of nitrogens with one attached hydrogen (secondary N) is 3. The molecular weight excluding hydrogens is 421 g/mol. The van der Waals surface area contributed by atoms with Crippen LogP contribution < -0.4 is 32.5 Å². The molecule has 7 N–H and O–H groups in total. The van der Waals surface area contributed by atoms with E-state index in [9.17, 15) is 4.79 Å². The topological polar surface area (TPSA) is 148 Å². The number of hydrogen-bond acceptors (Lipinski definition) is 9. The van der Waals surface area contributed by atoms with Gasteiger partial charge in [-0.05, 0) is 37.0 Å². The molecule has 1 aliphatic carbocycles. The normalized spacial score (nSPS) is 22.4. The lowest BCUT2D eigenvalue weighted by Gasteiger charge is -2.27. The van der Waals surface area contributed by atoms with Crippen molar-refractivity contribution in [3.63, 3.8) is 0 Å². The predicted molar refractivity (Wildman–Crippen MR) is 128 cm³/mol. The van der Waals surface area contributed by atoms with Crippen molar-refractivity contribution < 1.29 is 9.53 Å². The first kappa shape index (κ1) is 21.3. The highest BCUT2D eigenvalue weighted by molar-refractivity contribution is 6.11. The third kappa shape index (κ3) is 3.70. The third-order valence-electron chi connectivity index (χ3n) is 6.21. The molecule has 1 fully saturated rings. The number of hydrazine groups is 1. The number of carbonyl (C=O) groups excluding carboxylic acids is 1. The molecule has 1 aromatic carbocycles. The van der Waals surface area contributed by atoms with E-state index >= 15 is 0 Å². The number of nitrogen functional groups attached to an aromatic ring is 1. The molecule has 3 atom stereocenters. The van der Waals surface area contributed by atoms with Crippen LogP contribution in [0.4, 0.5) is 28.6 Å². The molecule has 1 aliphatic heterocycles. The minimum Gasteiger partial charge on any atom is -0.395 e. The monoisotopic (exact) mass is 447 g/mol. The van der Waals surface area contributed by atoms with E-state index in [4.69, 9.17) is 24.2 Å². The number of nitrogens with two attached hydrogens (primary N) is 2. The van der Waals surface area contributed by atoms with E-state index in [1.54, 1.807) is 20.2 Å². The zero-order valence-corrected chi connectivity index (χ0v) is 18.5. The fourth-order valence-corrected chi connectivity index (χ4v) is 4.49. The summed E-state index contributed by atoms with van der Waals surface area (Å²) in [5.74, 6) is 6.22. The molecule has 3 aromatic rings. The number of imidazole rings is 1. The Kier molecular flexibility index (Phi) is 5.25. The molecule has 4 bridgehead atoms. The maximum absolute atomic E-state index is 13.1. The Balaban J connectivity index is 1.71. The van der Waals surface area contributed by atoms with Gasteiger partial charge in [0.1, 0.15) is 7.85 Å². The molecule has 1 saturated carbocycles. The molecule has 0 spiro atoms. The van der Waals surface area contributed by atoms with Crippen LogP contribution in [0.2, 0.25) is 0 Å². The first-order valence-electron chi connectivity index (χ1n) is 10.8. The van der Waals surface area contributed by atoms with Gasteiger partial charge in [0, 0.05) is 26.2 Å². The summed E-state index contributed by atoms with van der Waals surface area (Å²) in [4.78, 5) is 17.5. The molecule has 3 heterocycles. The van der Waals surface area contributed by atoms with Gasteiger partial charge < -0.3 is 31.4 Å². The van der Waals surface area contributed by atoms with Gasteiger partial charge in [-0.2, -0.15) is 0 Å². The van der Waals surface area contributed by atoms with Crippen LogP contribution in [0.25, 0.3) is 5.65 Å². The number of rotatable bonds is 2. The maximum Gasteiger partial charge on any atom is 0.271 e.